The Kier molecular flexibility index (Phi) is 4.14. The number of nitrogens with one attached hydrogen (secondary N) is 1. The van der Waals surface area contributed by atoms with E-state index in [0.717, 1.165) is 5.69 Å². The van der Waals surface area contributed by atoms with Gasteiger partial charge in [0.2, 0.25) is 15.9 Å². The molecule has 0 aliphatic carbocycles. The molecule has 0 saturated heterocycles. The minimum Gasteiger partial charge on any atom is -0.359 e. The highest BCUT2D eigenvalue weighted by atomic mass is 32.2. The number of sulfonamides is 1. The molecule has 7 nitrogen and oxygen atoms in total. The third-order valence-corrected chi connectivity index (χ3v) is 5.70. The van der Waals surface area contributed by atoms with Crippen LogP contribution in [0.2, 0.25) is 0 Å². The monoisotopic (exact) mass is 300 g/mol. The predicted molar refractivity (Wildman–Crippen MR) is 74.4 cm³/mol. The number of nitrogens with zero attached hydrogens (tertiary/aromatic N) is 3. The molecule has 1 amide bonds. The molecular weight excluding hydrogens is 280 g/mol. The molecule has 1 aliphatic rings. The van der Waals surface area contributed by atoms with E-state index in [1.54, 1.807) is 37.8 Å². The maximum absolute atomic E-state index is 12.3. The maximum Gasteiger partial charge on any atom is 0.221 e. The smallest absolute Gasteiger partial charge is 0.221 e. The molecule has 0 bridgehead atoms. The van der Waals surface area contributed by atoms with Crippen LogP contribution in [0.5, 0.6) is 0 Å². The molecule has 0 aromatic carbocycles. The summed E-state index contributed by atoms with van der Waals surface area (Å²) in [4.78, 5) is 11.6. The van der Waals surface area contributed by atoms with Crippen molar-refractivity contribution in [2.45, 2.75) is 38.1 Å². The number of rotatable bonds is 4. The fraction of sp³-hybridized carbons (Fsp3) is 0.667. The lowest BCUT2D eigenvalue weighted by Crippen LogP contribution is -2.45. The van der Waals surface area contributed by atoms with Crippen molar-refractivity contribution < 1.29 is 13.2 Å². The first-order valence-electron chi connectivity index (χ1n) is 6.58. The van der Waals surface area contributed by atoms with Crippen LogP contribution in [0.1, 0.15) is 32.0 Å². The largest absolute Gasteiger partial charge is 0.359 e. The van der Waals surface area contributed by atoms with Gasteiger partial charge >= 0.3 is 0 Å². The van der Waals surface area contributed by atoms with E-state index in [2.05, 4.69) is 10.4 Å². The molecule has 1 N–H and O–H groups in total. The fourth-order valence-corrected chi connectivity index (χ4v) is 3.60. The molecule has 112 valence electrons. The minimum absolute atomic E-state index is 0.125. The van der Waals surface area contributed by atoms with Gasteiger partial charge in [-0.15, -0.1) is 0 Å². The summed E-state index contributed by atoms with van der Waals surface area (Å²) in [6, 6.07) is 1.53. The van der Waals surface area contributed by atoms with Gasteiger partial charge in [-0.1, -0.05) is 0 Å². The second-order valence-corrected chi connectivity index (χ2v) is 7.67. The molecule has 1 aromatic rings. The predicted octanol–water partition coefficient (Wildman–Crippen LogP) is 0.114. The van der Waals surface area contributed by atoms with Crippen LogP contribution in [0.15, 0.2) is 12.3 Å². The number of amides is 1. The number of aromatic nitrogens is 2. The van der Waals surface area contributed by atoms with E-state index in [0.29, 0.717) is 6.54 Å². The second-order valence-electron chi connectivity index (χ2n) is 5.18. The Hall–Kier alpha value is -1.41. The summed E-state index contributed by atoms with van der Waals surface area (Å²) in [5.74, 6) is -0.125. The average Bonchev–Trinajstić information content (AvgIpc) is 2.86. The molecule has 1 atom stereocenters. The fourth-order valence-electron chi connectivity index (χ4n) is 2.31. The highest BCUT2D eigenvalue weighted by Crippen LogP contribution is 2.26. The van der Waals surface area contributed by atoms with Crippen molar-refractivity contribution in [3.63, 3.8) is 0 Å². The van der Waals surface area contributed by atoms with Gasteiger partial charge in [-0.3, -0.25) is 9.48 Å². The Balaban J connectivity index is 2.29. The van der Waals surface area contributed by atoms with Crippen molar-refractivity contribution in [3.05, 3.63) is 18.0 Å². The standard InChI is InChI=1S/C12H20N4O3S/c1-9(2)20(18,19)15-7-10-4-5-14-16(10)11(8-15)6-12(17)13-3/h4-5,9,11H,6-8H2,1-3H3,(H,13,17)/t11-/m0/s1. The number of fused-ring (bicyclic) bond motifs is 1. The number of carbonyl (C=O) groups is 1. The van der Waals surface area contributed by atoms with Gasteiger partial charge in [0.25, 0.3) is 0 Å². The van der Waals surface area contributed by atoms with Gasteiger partial charge < -0.3 is 5.32 Å². The van der Waals surface area contributed by atoms with Crippen LogP contribution in [-0.4, -0.2) is 47.3 Å². The van der Waals surface area contributed by atoms with Crippen LogP contribution in [-0.2, 0) is 21.4 Å². The van der Waals surface area contributed by atoms with Gasteiger partial charge in [-0.05, 0) is 19.9 Å². The lowest BCUT2D eigenvalue weighted by Gasteiger charge is -2.33. The van der Waals surface area contributed by atoms with Gasteiger partial charge in [0.1, 0.15) is 0 Å². The normalized spacial score (nSPS) is 19.9. The first-order valence-corrected chi connectivity index (χ1v) is 8.08. The first kappa shape index (κ1) is 15.0. The summed E-state index contributed by atoms with van der Waals surface area (Å²) >= 11 is 0. The summed E-state index contributed by atoms with van der Waals surface area (Å²) in [6.07, 6.45) is 1.85. The van der Waals surface area contributed by atoms with Crippen LogP contribution >= 0.6 is 0 Å². The first-order chi connectivity index (χ1) is 9.36. The molecule has 0 spiro atoms. The Morgan fingerprint density at radius 1 is 1.55 bits per heavy atom. The van der Waals surface area contributed by atoms with Gasteiger partial charge in [-0.2, -0.15) is 9.40 Å². The molecule has 2 rings (SSSR count). The van der Waals surface area contributed by atoms with Crippen LogP contribution < -0.4 is 5.32 Å². The zero-order chi connectivity index (χ0) is 14.9. The zero-order valence-corrected chi connectivity index (χ0v) is 12.7. The SMILES string of the molecule is CNC(=O)C[C@H]1CN(S(=O)(=O)C(C)C)Cc2ccnn21. The van der Waals surface area contributed by atoms with Crippen LogP contribution in [0.3, 0.4) is 0 Å². The van der Waals surface area contributed by atoms with Gasteiger partial charge in [0.05, 0.1) is 30.0 Å². The summed E-state index contributed by atoms with van der Waals surface area (Å²) in [5.41, 5.74) is 0.814. The summed E-state index contributed by atoms with van der Waals surface area (Å²) in [7, 11) is -1.77. The minimum atomic E-state index is -3.34. The van der Waals surface area contributed by atoms with Crippen molar-refractivity contribution in [1.82, 2.24) is 19.4 Å². The Morgan fingerprint density at radius 2 is 2.25 bits per heavy atom. The molecule has 0 saturated carbocycles. The Bertz CT molecular complexity index is 594. The summed E-state index contributed by atoms with van der Waals surface area (Å²) in [6.45, 7) is 3.91. The quantitative estimate of drug-likeness (QED) is 0.855. The van der Waals surface area contributed by atoms with Gasteiger partial charge in [0.15, 0.2) is 0 Å². The van der Waals surface area contributed by atoms with E-state index >= 15 is 0 Å². The van der Waals surface area contributed by atoms with Crippen molar-refractivity contribution in [2.75, 3.05) is 13.6 Å². The molecule has 20 heavy (non-hydrogen) atoms. The van der Waals surface area contributed by atoms with E-state index in [4.69, 9.17) is 0 Å². The summed E-state index contributed by atoms with van der Waals surface area (Å²) in [5, 5.41) is 6.29. The van der Waals surface area contributed by atoms with E-state index in [1.165, 1.54) is 4.31 Å². The highest BCUT2D eigenvalue weighted by molar-refractivity contribution is 7.89. The molecule has 0 fully saturated rings. The topological polar surface area (TPSA) is 84.3 Å². The van der Waals surface area contributed by atoms with E-state index in [9.17, 15) is 13.2 Å². The lowest BCUT2D eigenvalue weighted by atomic mass is 10.1. The van der Waals surface area contributed by atoms with Crippen LogP contribution in [0.25, 0.3) is 0 Å². The molecule has 1 aliphatic heterocycles. The molecule has 8 heteroatoms. The van der Waals surface area contributed by atoms with Gasteiger partial charge in [0, 0.05) is 19.8 Å². The lowest BCUT2D eigenvalue weighted by molar-refractivity contribution is -0.121. The molecular formula is C12H20N4O3S. The van der Waals surface area contributed by atoms with Crippen LogP contribution in [0, 0.1) is 0 Å². The number of hydrogen-bond acceptors (Lipinski definition) is 4. The number of carbonyl (C=O) groups excluding carboxylic acids is 1. The van der Waals surface area contributed by atoms with E-state index in [-0.39, 0.29) is 24.9 Å². The molecule has 0 radical (unpaired) electrons. The van der Waals surface area contributed by atoms with Crippen molar-refractivity contribution in [1.29, 1.82) is 0 Å². The van der Waals surface area contributed by atoms with Crippen LogP contribution in [0.4, 0.5) is 0 Å². The molecule has 1 aromatic heterocycles. The van der Waals surface area contributed by atoms with Crippen molar-refractivity contribution >= 4 is 15.9 Å². The highest BCUT2D eigenvalue weighted by Gasteiger charge is 2.34. The maximum atomic E-state index is 12.3. The van der Waals surface area contributed by atoms with Crippen molar-refractivity contribution in [2.24, 2.45) is 0 Å². The molecule has 0 unspecified atom stereocenters. The van der Waals surface area contributed by atoms with Gasteiger partial charge in [-0.25, -0.2) is 8.42 Å². The third kappa shape index (κ3) is 2.71. The summed E-state index contributed by atoms with van der Waals surface area (Å²) < 4.78 is 27.8. The second kappa shape index (κ2) is 5.53. The Labute approximate surface area is 119 Å². The Morgan fingerprint density at radius 3 is 2.85 bits per heavy atom. The van der Waals surface area contributed by atoms with E-state index < -0.39 is 15.3 Å². The van der Waals surface area contributed by atoms with Crippen molar-refractivity contribution in [3.8, 4) is 0 Å². The third-order valence-electron chi connectivity index (χ3n) is 3.51. The number of hydrogen-bond donors (Lipinski definition) is 1. The average molecular weight is 300 g/mol. The zero-order valence-electron chi connectivity index (χ0n) is 11.9. The molecule has 2 heterocycles. The van der Waals surface area contributed by atoms with E-state index in [1.807, 2.05) is 0 Å².